The Hall–Kier alpha value is 0.170. The number of ether oxygens (including phenoxy) is 2. The van der Waals surface area contributed by atoms with Crippen LogP contribution in [-0.2, 0) is 9.47 Å². The Morgan fingerprint density at radius 3 is 1.71 bits per heavy atom. The summed E-state index contributed by atoms with van der Waals surface area (Å²) in [6.07, 6.45) is 0.565. The average molecular weight is 226 g/mol. The maximum atomic E-state index is 5.07. The molecule has 88 valence electrons. The normalized spacial score (nSPS) is 19.1. The smallest absolute Gasteiger partial charge is 0.130 e. The van der Waals surface area contributed by atoms with E-state index < -0.39 is 0 Å². The maximum Gasteiger partial charge on any atom is 0.130 e. The Balaban J connectivity index is 0. The molecule has 3 nitrogen and oxygen atoms in total. The molecule has 0 amide bonds. The minimum absolute atomic E-state index is 0. The van der Waals surface area contributed by atoms with E-state index >= 15 is 0 Å². The second-order valence-corrected chi connectivity index (χ2v) is 4.21. The second-order valence-electron chi connectivity index (χ2n) is 4.21. The summed E-state index contributed by atoms with van der Waals surface area (Å²) in [5, 5.41) is 0. The van der Waals surface area contributed by atoms with Gasteiger partial charge in [0.2, 0.25) is 0 Å². The molecule has 1 fully saturated rings. The monoisotopic (exact) mass is 225 g/mol. The lowest BCUT2D eigenvalue weighted by molar-refractivity contribution is -0.870. The van der Waals surface area contributed by atoms with Gasteiger partial charge in [-0.25, -0.2) is 0 Å². The van der Waals surface area contributed by atoms with Crippen LogP contribution in [0, 0.1) is 0 Å². The summed E-state index contributed by atoms with van der Waals surface area (Å²) in [5.74, 6) is 0. The van der Waals surface area contributed by atoms with Crippen LogP contribution in [0.4, 0.5) is 0 Å². The molecular weight excluding hydrogens is 202 g/mol. The molecule has 1 aliphatic rings. The van der Waals surface area contributed by atoms with E-state index in [0.717, 1.165) is 30.8 Å². The molecular formula is C10H24ClNO2. The fourth-order valence-corrected chi connectivity index (χ4v) is 0.988. The van der Waals surface area contributed by atoms with Crippen molar-refractivity contribution in [3.63, 3.8) is 0 Å². The first kappa shape index (κ1) is 16.6. The summed E-state index contributed by atoms with van der Waals surface area (Å²) in [4.78, 5) is 0. The number of nitrogens with zero attached hydrogens (tertiary/aromatic N) is 1. The predicted octanol–water partition coefficient (Wildman–Crippen LogP) is -1.86. The highest BCUT2D eigenvalue weighted by atomic mass is 35.5. The van der Waals surface area contributed by atoms with Crippen LogP contribution in [0.15, 0.2) is 0 Å². The Morgan fingerprint density at radius 2 is 1.64 bits per heavy atom. The molecule has 14 heavy (non-hydrogen) atoms. The average Bonchev–Trinajstić information content (AvgIpc) is 2.71. The maximum absolute atomic E-state index is 5.07. The molecule has 1 rings (SSSR count). The van der Waals surface area contributed by atoms with Gasteiger partial charge in [0.15, 0.2) is 0 Å². The fourth-order valence-electron chi connectivity index (χ4n) is 0.988. The van der Waals surface area contributed by atoms with Crippen LogP contribution in [0.2, 0.25) is 0 Å². The first-order chi connectivity index (χ1) is 5.99. The number of hydrogen-bond donors (Lipinski definition) is 0. The number of epoxide rings is 1. The Morgan fingerprint density at radius 1 is 1.21 bits per heavy atom. The predicted molar refractivity (Wildman–Crippen MR) is 54.8 cm³/mol. The van der Waals surface area contributed by atoms with Gasteiger partial charge < -0.3 is 26.4 Å². The number of hydrogen-bond acceptors (Lipinski definition) is 2. The summed E-state index contributed by atoms with van der Waals surface area (Å²) < 4.78 is 10.9. The number of halogens is 1. The van der Waals surface area contributed by atoms with Gasteiger partial charge in [0, 0.05) is 13.2 Å². The molecule has 1 unspecified atom stereocenters. The molecule has 0 aromatic rings. The van der Waals surface area contributed by atoms with Crippen molar-refractivity contribution in [3.8, 4) is 0 Å². The summed E-state index contributed by atoms with van der Waals surface area (Å²) in [6.45, 7) is 7.80. The van der Waals surface area contributed by atoms with Crippen molar-refractivity contribution < 1.29 is 26.4 Å². The molecule has 0 spiro atoms. The van der Waals surface area contributed by atoms with Crippen LogP contribution in [-0.4, -0.2) is 58.1 Å². The molecule has 0 bridgehead atoms. The minimum atomic E-state index is 0. The highest BCUT2D eigenvalue weighted by Gasteiger charge is 2.28. The lowest BCUT2D eigenvalue weighted by Crippen LogP contribution is -3.00. The number of likely N-dealkylation sites (N-methyl/N-ethyl adjacent to an activating group) is 1. The fraction of sp³-hybridized carbons (Fsp3) is 1.00. The van der Waals surface area contributed by atoms with Crippen molar-refractivity contribution in [3.05, 3.63) is 0 Å². The number of quaternary nitrogens is 1. The second kappa shape index (κ2) is 8.48. The van der Waals surface area contributed by atoms with Crippen LogP contribution in [0.1, 0.15) is 13.8 Å². The lowest BCUT2D eigenvalue weighted by Gasteiger charge is -2.22. The minimum Gasteiger partial charge on any atom is -1.00 e. The van der Waals surface area contributed by atoms with Gasteiger partial charge in [-0.3, -0.25) is 0 Å². The Kier molecular flexibility index (Phi) is 10.0. The molecule has 1 heterocycles. The van der Waals surface area contributed by atoms with Gasteiger partial charge in [0.05, 0.1) is 27.7 Å². The first-order valence-corrected chi connectivity index (χ1v) is 4.99. The van der Waals surface area contributed by atoms with E-state index in [9.17, 15) is 0 Å². The summed E-state index contributed by atoms with van der Waals surface area (Å²) >= 11 is 0. The van der Waals surface area contributed by atoms with Crippen molar-refractivity contribution in [1.29, 1.82) is 0 Å². The molecule has 0 aromatic heterocycles. The lowest BCUT2D eigenvalue weighted by atomic mass is 10.4. The van der Waals surface area contributed by atoms with Gasteiger partial charge in [-0.1, -0.05) is 0 Å². The zero-order valence-electron chi connectivity index (χ0n) is 10.0. The zero-order valence-corrected chi connectivity index (χ0v) is 10.8. The molecule has 0 aromatic carbocycles. The van der Waals surface area contributed by atoms with Crippen molar-refractivity contribution in [2.75, 3.05) is 47.5 Å². The van der Waals surface area contributed by atoms with E-state index in [-0.39, 0.29) is 12.4 Å². The van der Waals surface area contributed by atoms with E-state index in [1.54, 1.807) is 0 Å². The van der Waals surface area contributed by atoms with Gasteiger partial charge in [-0.15, -0.1) is 0 Å². The van der Waals surface area contributed by atoms with Crippen LogP contribution < -0.4 is 12.4 Å². The van der Waals surface area contributed by atoms with Gasteiger partial charge >= 0.3 is 0 Å². The molecule has 1 aliphatic heterocycles. The quantitative estimate of drug-likeness (QED) is 0.414. The van der Waals surface area contributed by atoms with Gasteiger partial charge in [0.1, 0.15) is 12.6 Å². The highest BCUT2D eigenvalue weighted by molar-refractivity contribution is 4.66. The number of rotatable bonds is 4. The third-order valence-corrected chi connectivity index (χ3v) is 1.56. The third-order valence-electron chi connectivity index (χ3n) is 1.56. The van der Waals surface area contributed by atoms with Crippen LogP contribution in [0.25, 0.3) is 0 Å². The summed E-state index contributed by atoms with van der Waals surface area (Å²) in [5.41, 5.74) is 0. The Bertz CT molecular complexity index is 120. The standard InChI is InChI=1S/C6H14NO.C4H10O.ClH/c1-7(2,3)4-6-5-8-6;1-3-5-4-2;/h6H,4-5H2,1-3H3;3-4H2,1-2H3;1H/q+1;;/p-1. The van der Waals surface area contributed by atoms with Crippen molar-refractivity contribution in [1.82, 2.24) is 0 Å². The molecule has 0 aliphatic carbocycles. The summed E-state index contributed by atoms with van der Waals surface area (Å²) in [7, 11) is 6.55. The first-order valence-electron chi connectivity index (χ1n) is 4.99. The van der Waals surface area contributed by atoms with Gasteiger partial charge in [-0.2, -0.15) is 0 Å². The Labute approximate surface area is 94.4 Å². The molecule has 0 radical (unpaired) electrons. The zero-order chi connectivity index (χ0) is 10.3. The van der Waals surface area contributed by atoms with Crippen molar-refractivity contribution >= 4 is 0 Å². The van der Waals surface area contributed by atoms with E-state index in [2.05, 4.69) is 21.1 Å². The van der Waals surface area contributed by atoms with Crippen LogP contribution in [0.3, 0.4) is 0 Å². The molecule has 0 N–H and O–H groups in total. The largest absolute Gasteiger partial charge is 1.00 e. The van der Waals surface area contributed by atoms with E-state index in [1.165, 1.54) is 0 Å². The van der Waals surface area contributed by atoms with Gasteiger partial charge in [0.25, 0.3) is 0 Å². The molecule has 4 heteroatoms. The molecule has 0 saturated carbocycles. The SMILES string of the molecule is CCOCC.C[N+](C)(C)CC1CO1.[Cl-]. The van der Waals surface area contributed by atoms with Crippen LogP contribution >= 0.6 is 0 Å². The van der Waals surface area contributed by atoms with Crippen molar-refractivity contribution in [2.45, 2.75) is 20.0 Å². The van der Waals surface area contributed by atoms with E-state index in [1.807, 2.05) is 13.8 Å². The van der Waals surface area contributed by atoms with Crippen LogP contribution in [0.5, 0.6) is 0 Å². The topological polar surface area (TPSA) is 21.8 Å². The molecule has 1 saturated heterocycles. The third kappa shape index (κ3) is 14.7. The van der Waals surface area contributed by atoms with Crippen molar-refractivity contribution in [2.24, 2.45) is 0 Å². The summed E-state index contributed by atoms with van der Waals surface area (Å²) in [6, 6.07) is 0. The molecule has 1 atom stereocenters. The van der Waals surface area contributed by atoms with E-state index in [0.29, 0.717) is 6.10 Å². The highest BCUT2D eigenvalue weighted by Crippen LogP contribution is 2.11. The van der Waals surface area contributed by atoms with E-state index in [4.69, 9.17) is 9.47 Å². The van der Waals surface area contributed by atoms with Gasteiger partial charge in [-0.05, 0) is 13.8 Å².